The lowest BCUT2D eigenvalue weighted by molar-refractivity contribution is -0.148. The summed E-state index contributed by atoms with van der Waals surface area (Å²) in [7, 11) is 0. The van der Waals surface area contributed by atoms with E-state index in [1.807, 2.05) is 11.8 Å². The van der Waals surface area contributed by atoms with Gasteiger partial charge in [0.15, 0.2) is 5.82 Å². The van der Waals surface area contributed by atoms with Gasteiger partial charge in [-0.3, -0.25) is 9.78 Å². The van der Waals surface area contributed by atoms with Crippen molar-refractivity contribution in [2.24, 2.45) is 11.8 Å². The summed E-state index contributed by atoms with van der Waals surface area (Å²) in [4.78, 5) is 21.2. The van der Waals surface area contributed by atoms with Crippen molar-refractivity contribution < 1.29 is 26.7 Å². The largest absolute Gasteiger partial charge is 0.451 e. The molecule has 5 rings (SSSR count). The Morgan fingerprint density at radius 2 is 1.86 bits per heavy atom. The number of nitrogens with zero attached hydrogens (tertiary/aromatic N) is 6. The summed E-state index contributed by atoms with van der Waals surface area (Å²) in [6.07, 6.45) is -2.66. The molecule has 2 atom stereocenters. The molecular formula is C24H24ClF5N6O. The number of amides is 1. The van der Waals surface area contributed by atoms with Crippen LogP contribution in [0.25, 0.3) is 10.9 Å². The van der Waals surface area contributed by atoms with Gasteiger partial charge < -0.3 is 14.4 Å². The zero-order valence-corrected chi connectivity index (χ0v) is 20.8. The molecule has 2 aliphatic heterocycles. The molecule has 1 amide bonds. The highest BCUT2D eigenvalue weighted by Gasteiger charge is 2.41. The van der Waals surface area contributed by atoms with E-state index in [2.05, 4.69) is 15.2 Å². The molecule has 2 aliphatic rings. The van der Waals surface area contributed by atoms with Crippen molar-refractivity contribution >= 4 is 34.1 Å². The smallest absolute Gasteiger partial charge is 0.369 e. The fourth-order valence-corrected chi connectivity index (χ4v) is 5.52. The Morgan fingerprint density at radius 1 is 1.11 bits per heavy atom. The third-order valence-corrected chi connectivity index (χ3v) is 7.44. The standard InChI is InChI=1S/C24H24ClF5N6O/c1-13-11-34(20-16-4-3-14(23(2,26)27)9-18(16)31-10-17(20)25)6-5-15(13)21(37)35-7-8-36-19(12-35)32-33-22(36)24(28,29)30/h3-4,9-10,13,15H,5-8,11-12H2,1-2H3. The monoisotopic (exact) mass is 542 g/mol. The third-order valence-electron chi connectivity index (χ3n) is 7.16. The van der Waals surface area contributed by atoms with Crippen molar-refractivity contribution in [3.05, 3.63) is 46.6 Å². The van der Waals surface area contributed by atoms with Crippen LogP contribution in [0.3, 0.4) is 0 Å². The van der Waals surface area contributed by atoms with Gasteiger partial charge in [0, 0.05) is 56.2 Å². The fraction of sp³-hybridized carbons (Fsp3) is 0.500. The van der Waals surface area contributed by atoms with Gasteiger partial charge in [-0.25, -0.2) is 8.78 Å². The van der Waals surface area contributed by atoms with Crippen molar-refractivity contribution in [3.63, 3.8) is 0 Å². The van der Waals surface area contributed by atoms with E-state index in [0.29, 0.717) is 41.1 Å². The van der Waals surface area contributed by atoms with E-state index in [9.17, 15) is 26.7 Å². The number of anilines is 1. The Morgan fingerprint density at radius 3 is 2.54 bits per heavy atom. The van der Waals surface area contributed by atoms with Crippen LogP contribution in [0.4, 0.5) is 27.6 Å². The van der Waals surface area contributed by atoms with Crippen LogP contribution in [-0.2, 0) is 30.0 Å². The van der Waals surface area contributed by atoms with E-state index >= 15 is 0 Å². The minimum absolute atomic E-state index is 0.0203. The quantitative estimate of drug-likeness (QED) is 0.430. The topological polar surface area (TPSA) is 67.2 Å². The summed E-state index contributed by atoms with van der Waals surface area (Å²) < 4.78 is 68.0. The first-order chi connectivity index (χ1) is 17.3. The van der Waals surface area contributed by atoms with E-state index in [-0.39, 0.29) is 48.8 Å². The minimum Gasteiger partial charge on any atom is -0.369 e. The van der Waals surface area contributed by atoms with Crippen LogP contribution in [0.1, 0.15) is 37.5 Å². The van der Waals surface area contributed by atoms with Gasteiger partial charge in [-0.2, -0.15) is 13.2 Å². The number of piperidine rings is 1. The molecule has 1 aromatic carbocycles. The molecule has 0 radical (unpaired) electrons. The van der Waals surface area contributed by atoms with Gasteiger partial charge in [0.2, 0.25) is 11.7 Å². The molecule has 0 spiro atoms. The average molecular weight is 543 g/mol. The van der Waals surface area contributed by atoms with Crippen LogP contribution in [0.2, 0.25) is 5.02 Å². The summed E-state index contributed by atoms with van der Waals surface area (Å²) >= 11 is 6.49. The van der Waals surface area contributed by atoms with Gasteiger partial charge in [-0.1, -0.05) is 30.7 Å². The predicted molar refractivity (Wildman–Crippen MR) is 126 cm³/mol. The Hall–Kier alpha value is -3.02. The lowest BCUT2D eigenvalue weighted by atomic mass is 9.85. The Balaban J connectivity index is 1.32. The van der Waals surface area contributed by atoms with Crippen LogP contribution >= 0.6 is 11.6 Å². The number of benzene rings is 1. The van der Waals surface area contributed by atoms with Crippen LogP contribution < -0.4 is 4.90 Å². The number of rotatable bonds is 3. The van der Waals surface area contributed by atoms with Crippen LogP contribution in [-0.4, -0.2) is 50.2 Å². The number of carbonyl (C=O) groups is 1. The average Bonchev–Trinajstić information content (AvgIpc) is 3.26. The maximum atomic E-state index is 13.8. The minimum atomic E-state index is -4.60. The van der Waals surface area contributed by atoms with Crippen LogP contribution in [0.15, 0.2) is 24.4 Å². The van der Waals surface area contributed by atoms with Crippen molar-refractivity contribution in [1.82, 2.24) is 24.6 Å². The second-order valence-corrected chi connectivity index (χ2v) is 10.1. The molecule has 13 heteroatoms. The van der Waals surface area contributed by atoms with E-state index in [4.69, 9.17) is 11.6 Å². The second kappa shape index (κ2) is 9.07. The molecule has 0 bridgehead atoms. The summed E-state index contributed by atoms with van der Waals surface area (Å²) in [6.45, 7) is 3.85. The van der Waals surface area contributed by atoms with Crippen LogP contribution in [0, 0.1) is 11.8 Å². The highest BCUT2D eigenvalue weighted by molar-refractivity contribution is 6.34. The van der Waals surface area contributed by atoms with Gasteiger partial charge in [-0.05, 0) is 18.4 Å². The molecule has 2 aromatic heterocycles. The number of hydrogen-bond acceptors (Lipinski definition) is 5. The van der Waals surface area contributed by atoms with Crippen molar-refractivity contribution in [2.75, 3.05) is 24.5 Å². The summed E-state index contributed by atoms with van der Waals surface area (Å²) in [5.74, 6) is -4.48. The zero-order chi connectivity index (χ0) is 26.7. The Kier molecular flexibility index (Phi) is 6.28. The van der Waals surface area contributed by atoms with Gasteiger partial charge in [0.25, 0.3) is 5.92 Å². The first-order valence-corrected chi connectivity index (χ1v) is 12.2. The molecule has 7 nitrogen and oxygen atoms in total. The molecule has 37 heavy (non-hydrogen) atoms. The first-order valence-electron chi connectivity index (χ1n) is 11.8. The first kappa shape index (κ1) is 25.6. The predicted octanol–water partition coefficient (Wildman–Crippen LogP) is 5.12. The Labute approximate surface area is 214 Å². The molecule has 0 aliphatic carbocycles. The highest BCUT2D eigenvalue weighted by atomic mass is 35.5. The second-order valence-electron chi connectivity index (χ2n) is 9.74. The highest BCUT2D eigenvalue weighted by Crippen LogP contribution is 2.39. The lowest BCUT2D eigenvalue weighted by Crippen LogP contribution is -2.49. The van der Waals surface area contributed by atoms with E-state index in [0.717, 1.165) is 11.5 Å². The summed E-state index contributed by atoms with van der Waals surface area (Å²) in [6, 6.07) is 4.31. The molecule has 2 unspecified atom stereocenters. The van der Waals surface area contributed by atoms with Crippen molar-refractivity contribution in [2.45, 2.75) is 45.5 Å². The molecule has 4 heterocycles. The van der Waals surface area contributed by atoms with Gasteiger partial charge in [-0.15, -0.1) is 10.2 Å². The molecule has 1 saturated heterocycles. The van der Waals surface area contributed by atoms with Gasteiger partial charge in [0.1, 0.15) is 0 Å². The molecule has 3 aromatic rings. The van der Waals surface area contributed by atoms with E-state index < -0.39 is 17.9 Å². The summed E-state index contributed by atoms with van der Waals surface area (Å²) in [5.41, 5.74) is 0.944. The Bertz CT molecular complexity index is 1350. The molecule has 198 valence electrons. The fourth-order valence-electron chi connectivity index (χ4n) is 5.25. The summed E-state index contributed by atoms with van der Waals surface area (Å²) in [5, 5.41) is 7.96. The van der Waals surface area contributed by atoms with Crippen LogP contribution in [0.5, 0.6) is 0 Å². The number of fused-ring (bicyclic) bond motifs is 2. The number of alkyl halides is 5. The molecule has 0 N–H and O–H groups in total. The van der Waals surface area contributed by atoms with Crippen molar-refractivity contribution in [1.29, 1.82) is 0 Å². The normalized spacial score (nSPS) is 20.9. The third kappa shape index (κ3) is 4.71. The van der Waals surface area contributed by atoms with Gasteiger partial charge in [0.05, 0.1) is 22.8 Å². The lowest BCUT2D eigenvalue weighted by Gasteiger charge is -2.40. The van der Waals surface area contributed by atoms with E-state index in [1.54, 1.807) is 11.0 Å². The number of halogens is 6. The van der Waals surface area contributed by atoms with Crippen molar-refractivity contribution in [3.8, 4) is 0 Å². The number of aromatic nitrogens is 4. The SMILES string of the molecule is CC1CN(c2c(Cl)cnc3cc(C(C)(F)F)ccc23)CCC1C(=O)N1CCn2c(nnc2C(F)(F)F)C1. The molecule has 0 saturated carbocycles. The molecular weight excluding hydrogens is 519 g/mol. The maximum Gasteiger partial charge on any atom is 0.451 e. The number of hydrogen-bond donors (Lipinski definition) is 0. The number of pyridine rings is 1. The van der Waals surface area contributed by atoms with Gasteiger partial charge >= 0.3 is 6.18 Å². The van der Waals surface area contributed by atoms with E-state index in [1.165, 1.54) is 18.3 Å². The number of carbonyl (C=O) groups excluding carboxylic acids is 1. The zero-order valence-electron chi connectivity index (χ0n) is 20.1. The maximum absolute atomic E-state index is 13.8. The molecule has 1 fully saturated rings.